The lowest BCUT2D eigenvalue weighted by Gasteiger charge is -2.29. The highest BCUT2D eigenvalue weighted by molar-refractivity contribution is 5.95. The van der Waals surface area contributed by atoms with Crippen molar-refractivity contribution in [2.75, 3.05) is 46.5 Å². The Morgan fingerprint density at radius 3 is 2.46 bits per heavy atom. The molecule has 4 atom stereocenters. The van der Waals surface area contributed by atoms with Gasteiger partial charge in [-0.15, -0.1) is 0 Å². The van der Waals surface area contributed by atoms with Gasteiger partial charge in [0.15, 0.2) is 6.61 Å². The molecular weight excluding hydrogens is 666 g/mol. The molecule has 14 heteroatoms. The van der Waals surface area contributed by atoms with E-state index in [4.69, 9.17) is 9.47 Å². The number of benzene rings is 2. The number of nitrogens with one attached hydrogen (secondary N) is 3. The molecule has 1 aromatic heterocycles. The zero-order valence-electron chi connectivity index (χ0n) is 30.2. The summed E-state index contributed by atoms with van der Waals surface area (Å²) < 4.78 is 12.8. The lowest BCUT2D eigenvalue weighted by molar-refractivity contribution is -0.141. The molecule has 5 rings (SSSR count). The lowest BCUT2D eigenvalue weighted by atomic mass is 9.93. The molecular formula is C38H49N7O7. The molecule has 278 valence electrons. The summed E-state index contributed by atoms with van der Waals surface area (Å²) in [5, 5.41) is 13.1. The van der Waals surface area contributed by atoms with Crippen molar-refractivity contribution >= 4 is 29.5 Å². The SMILES string of the molecule is CCn1cc(C(=O)N2C[C@H]3NC(=O)[C@H](Cc4ccccc4)NC(=O)CN(CCOC)C(=O)[C@@H](CC(C)C)NC(=O)COc4cccc(c4)[C@@H]3C2)cn1. The summed E-state index contributed by atoms with van der Waals surface area (Å²) in [7, 11) is 1.50. The molecule has 52 heavy (non-hydrogen) atoms. The second-order valence-electron chi connectivity index (χ2n) is 13.7. The summed E-state index contributed by atoms with van der Waals surface area (Å²) >= 11 is 0. The highest BCUT2D eigenvalue weighted by Crippen LogP contribution is 2.31. The van der Waals surface area contributed by atoms with E-state index in [0.29, 0.717) is 30.8 Å². The molecule has 1 fully saturated rings. The van der Waals surface area contributed by atoms with Gasteiger partial charge in [-0.25, -0.2) is 0 Å². The minimum Gasteiger partial charge on any atom is -0.484 e. The number of carbonyl (C=O) groups excluding carboxylic acids is 5. The number of carbonyl (C=O) groups is 5. The van der Waals surface area contributed by atoms with Crippen molar-refractivity contribution in [2.45, 2.75) is 64.2 Å². The lowest BCUT2D eigenvalue weighted by Crippen LogP contribution is -2.56. The van der Waals surface area contributed by atoms with Crippen molar-refractivity contribution in [3.8, 4) is 5.75 Å². The van der Waals surface area contributed by atoms with E-state index >= 15 is 0 Å². The second-order valence-corrected chi connectivity index (χ2v) is 13.7. The second kappa shape index (κ2) is 17.8. The number of fused-ring (bicyclic) bond motifs is 4. The van der Waals surface area contributed by atoms with Crippen LogP contribution in [0, 0.1) is 5.92 Å². The van der Waals surface area contributed by atoms with Crippen LogP contribution in [0.5, 0.6) is 5.75 Å². The molecule has 0 unspecified atom stereocenters. The fourth-order valence-electron chi connectivity index (χ4n) is 6.64. The van der Waals surface area contributed by atoms with Crippen LogP contribution in [0.25, 0.3) is 0 Å². The third kappa shape index (κ3) is 9.96. The molecule has 0 aliphatic carbocycles. The largest absolute Gasteiger partial charge is 0.484 e. The molecule has 2 aliphatic heterocycles. The fraction of sp³-hybridized carbons (Fsp3) is 0.474. The molecule has 2 bridgehead atoms. The predicted molar refractivity (Wildman–Crippen MR) is 192 cm³/mol. The highest BCUT2D eigenvalue weighted by Gasteiger charge is 2.39. The zero-order valence-corrected chi connectivity index (χ0v) is 30.2. The first kappa shape index (κ1) is 38.0. The maximum atomic E-state index is 14.2. The molecule has 5 amide bonds. The Bertz CT molecular complexity index is 1710. The number of likely N-dealkylation sites (tertiary alicyclic amines) is 1. The van der Waals surface area contributed by atoms with Crippen molar-refractivity contribution in [1.82, 2.24) is 35.5 Å². The average molecular weight is 716 g/mol. The predicted octanol–water partition coefficient (Wildman–Crippen LogP) is 1.75. The van der Waals surface area contributed by atoms with Gasteiger partial charge < -0.3 is 35.2 Å². The standard InChI is InChI=1S/C38H49N7O7/c1-5-45-20-28(19-39-45)37(49)44-21-30-27-12-9-13-29(18-27)52-24-35(47)41-32(16-25(2)3)38(50)43(14-15-51-4)23-34(46)40-31(36(48)42-33(30)22-44)17-26-10-7-6-8-11-26/h6-13,18-20,25,30-33H,5,14-17,21-24H2,1-4H3,(H,40,46)(H,41,47)(H,42,48)/t30-,31-,32+,33+/m0/s1. The van der Waals surface area contributed by atoms with Gasteiger partial charge in [0, 0.05) is 51.8 Å². The number of methoxy groups -OCH3 is 1. The summed E-state index contributed by atoms with van der Waals surface area (Å²) in [5.41, 5.74) is 2.07. The van der Waals surface area contributed by atoms with Crippen LogP contribution in [0.1, 0.15) is 54.6 Å². The van der Waals surface area contributed by atoms with Crippen molar-refractivity contribution in [3.63, 3.8) is 0 Å². The average Bonchev–Trinajstić information content (AvgIpc) is 3.79. The number of nitrogens with zero attached hydrogens (tertiary/aromatic N) is 4. The van der Waals surface area contributed by atoms with Gasteiger partial charge in [-0.05, 0) is 42.5 Å². The zero-order chi connectivity index (χ0) is 37.2. The van der Waals surface area contributed by atoms with E-state index in [1.807, 2.05) is 57.2 Å². The Morgan fingerprint density at radius 1 is 0.981 bits per heavy atom. The monoisotopic (exact) mass is 715 g/mol. The summed E-state index contributed by atoms with van der Waals surface area (Å²) in [6, 6.07) is 14.1. The van der Waals surface area contributed by atoms with Crippen LogP contribution < -0.4 is 20.7 Å². The topological polar surface area (TPSA) is 164 Å². The van der Waals surface area contributed by atoms with E-state index in [9.17, 15) is 24.0 Å². The van der Waals surface area contributed by atoms with E-state index < -0.39 is 41.8 Å². The highest BCUT2D eigenvalue weighted by atomic mass is 16.5. The van der Waals surface area contributed by atoms with Gasteiger partial charge in [0.1, 0.15) is 17.8 Å². The fourth-order valence-corrected chi connectivity index (χ4v) is 6.64. The number of hydrogen-bond donors (Lipinski definition) is 3. The molecule has 0 saturated carbocycles. The number of ether oxygens (including phenoxy) is 2. The van der Waals surface area contributed by atoms with Crippen LogP contribution in [0.4, 0.5) is 0 Å². The normalized spacial score (nSPS) is 21.8. The molecule has 3 aromatic rings. The number of hydrogen-bond acceptors (Lipinski definition) is 8. The summed E-state index contributed by atoms with van der Waals surface area (Å²) in [6.45, 7) is 6.49. The van der Waals surface area contributed by atoms with Crippen LogP contribution in [0.3, 0.4) is 0 Å². The summed E-state index contributed by atoms with van der Waals surface area (Å²) in [5.74, 6) is -1.96. The minimum atomic E-state index is -0.998. The van der Waals surface area contributed by atoms with Crippen molar-refractivity contribution in [3.05, 3.63) is 83.7 Å². The minimum absolute atomic E-state index is 0.0513. The third-order valence-corrected chi connectivity index (χ3v) is 9.28. The first-order valence-corrected chi connectivity index (χ1v) is 17.8. The van der Waals surface area contributed by atoms with E-state index in [-0.39, 0.29) is 57.0 Å². The summed E-state index contributed by atoms with van der Waals surface area (Å²) in [6.07, 6.45) is 3.77. The Balaban J connectivity index is 1.50. The molecule has 1 saturated heterocycles. The quantitative estimate of drug-likeness (QED) is 0.302. The molecule has 2 aromatic carbocycles. The Labute approximate surface area is 304 Å². The van der Waals surface area contributed by atoms with Gasteiger partial charge >= 0.3 is 0 Å². The van der Waals surface area contributed by atoms with Crippen LogP contribution in [-0.2, 0) is 36.9 Å². The van der Waals surface area contributed by atoms with Gasteiger partial charge in [-0.2, -0.15) is 5.10 Å². The Hall–Kier alpha value is -5.24. The van der Waals surface area contributed by atoms with E-state index in [2.05, 4.69) is 21.0 Å². The number of aromatic nitrogens is 2. The number of aryl methyl sites for hydroxylation is 1. The Morgan fingerprint density at radius 2 is 1.75 bits per heavy atom. The maximum Gasteiger partial charge on any atom is 0.258 e. The smallest absolute Gasteiger partial charge is 0.258 e. The first-order chi connectivity index (χ1) is 25.0. The van der Waals surface area contributed by atoms with Gasteiger partial charge in [-0.1, -0.05) is 56.3 Å². The van der Waals surface area contributed by atoms with Gasteiger partial charge in [0.05, 0.1) is 31.0 Å². The first-order valence-electron chi connectivity index (χ1n) is 17.8. The van der Waals surface area contributed by atoms with E-state index in [1.54, 1.807) is 34.0 Å². The molecule has 2 aliphatic rings. The maximum absolute atomic E-state index is 14.2. The number of rotatable bonds is 9. The molecule has 3 heterocycles. The van der Waals surface area contributed by atoms with Crippen LogP contribution >= 0.6 is 0 Å². The Kier molecular flexibility index (Phi) is 13.0. The molecule has 0 radical (unpaired) electrons. The van der Waals surface area contributed by atoms with Crippen LogP contribution in [-0.4, -0.2) is 114 Å². The van der Waals surface area contributed by atoms with Crippen molar-refractivity contribution in [1.29, 1.82) is 0 Å². The third-order valence-electron chi connectivity index (χ3n) is 9.28. The van der Waals surface area contributed by atoms with Crippen molar-refractivity contribution in [2.24, 2.45) is 5.92 Å². The van der Waals surface area contributed by atoms with E-state index in [0.717, 1.165) is 11.1 Å². The van der Waals surface area contributed by atoms with Gasteiger partial charge in [0.2, 0.25) is 17.7 Å². The molecule has 3 N–H and O–H groups in total. The van der Waals surface area contributed by atoms with Crippen LogP contribution in [0.2, 0.25) is 0 Å². The van der Waals surface area contributed by atoms with Crippen LogP contribution in [0.15, 0.2) is 67.0 Å². The van der Waals surface area contributed by atoms with Gasteiger partial charge in [-0.3, -0.25) is 28.7 Å². The van der Waals surface area contributed by atoms with Crippen molar-refractivity contribution < 1.29 is 33.4 Å². The van der Waals surface area contributed by atoms with E-state index in [1.165, 1.54) is 18.2 Å². The van der Waals surface area contributed by atoms with Gasteiger partial charge in [0.25, 0.3) is 11.8 Å². The molecule has 14 nitrogen and oxygen atoms in total. The molecule has 0 spiro atoms. The number of amides is 5. The summed E-state index contributed by atoms with van der Waals surface area (Å²) in [4.78, 5) is 71.7.